The minimum atomic E-state index is -0.895. The first-order chi connectivity index (χ1) is 19.0. The molecule has 0 bridgehead atoms. The molecule has 2 aliphatic rings. The third kappa shape index (κ3) is 4.87. The quantitative estimate of drug-likeness (QED) is 0.0996. The summed E-state index contributed by atoms with van der Waals surface area (Å²) >= 11 is 8.91. The van der Waals surface area contributed by atoms with Gasteiger partial charge in [0.15, 0.2) is 15.8 Å². The van der Waals surface area contributed by atoms with Crippen molar-refractivity contribution in [3.8, 4) is 11.5 Å². The van der Waals surface area contributed by atoms with Crippen LogP contribution < -0.4 is 14.4 Å². The van der Waals surface area contributed by atoms with Crippen LogP contribution in [0.5, 0.6) is 11.5 Å². The van der Waals surface area contributed by atoms with Gasteiger partial charge in [0.25, 0.3) is 5.78 Å². The highest BCUT2D eigenvalue weighted by Crippen LogP contribution is 2.45. The van der Waals surface area contributed by atoms with Gasteiger partial charge in [-0.2, -0.15) is 0 Å². The zero-order valence-electron chi connectivity index (χ0n) is 20.2. The first kappa shape index (κ1) is 25.4. The Kier molecular flexibility index (Phi) is 6.99. The van der Waals surface area contributed by atoms with Crippen LogP contribution in [0.15, 0.2) is 82.7 Å². The second kappa shape index (κ2) is 10.7. The molecule has 1 unspecified atom stereocenters. The van der Waals surface area contributed by atoms with Gasteiger partial charge in [0, 0.05) is 16.3 Å². The first-order valence-electron chi connectivity index (χ1n) is 12.0. The molecular weight excluding hydrogens is 558 g/mol. The van der Waals surface area contributed by atoms with Crippen molar-refractivity contribution in [1.82, 2.24) is 10.2 Å². The summed E-state index contributed by atoms with van der Waals surface area (Å²) in [6, 6.07) is 20.6. The molecule has 1 atom stereocenters. The molecule has 0 radical (unpaired) electrons. The number of ether oxygens (including phenoxy) is 2. The van der Waals surface area contributed by atoms with E-state index in [9.17, 15) is 14.7 Å². The lowest BCUT2D eigenvalue weighted by molar-refractivity contribution is -0.132. The number of ketones is 1. The number of thioether (sulfide) groups is 1. The fourth-order valence-corrected chi connectivity index (χ4v) is 6.59. The molecule has 3 aromatic carbocycles. The molecule has 1 saturated heterocycles. The van der Waals surface area contributed by atoms with Gasteiger partial charge >= 0.3 is 5.91 Å². The lowest BCUT2D eigenvalue weighted by atomic mass is 9.95. The van der Waals surface area contributed by atoms with E-state index in [2.05, 4.69) is 10.2 Å². The normalized spacial score (nSPS) is 18.0. The maximum absolute atomic E-state index is 13.4. The molecule has 3 heterocycles. The number of Topliss-reactive ketones (excluding diaryl/α,β-unsaturated/α-hetero) is 1. The van der Waals surface area contributed by atoms with Crippen molar-refractivity contribution in [2.45, 2.75) is 16.1 Å². The largest absolute Gasteiger partial charge is 0.507 e. The Morgan fingerprint density at radius 3 is 2.54 bits per heavy atom. The number of anilines is 1. The fourth-order valence-electron chi connectivity index (χ4n) is 4.44. The zero-order valence-corrected chi connectivity index (χ0v) is 22.6. The fraction of sp³-hybridized carbons (Fsp3) is 0.143. The first-order valence-corrected chi connectivity index (χ1v) is 14.1. The Morgan fingerprint density at radius 2 is 1.74 bits per heavy atom. The van der Waals surface area contributed by atoms with Crippen LogP contribution in [0.3, 0.4) is 0 Å². The molecule has 8 nitrogen and oxygen atoms in total. The molecule has 196 valence electrons. The molecule has 0 spiro atoms. The van der Waals surface area contributed by atoms with Crippen LogP contribution in [0.4, 0.5) is 5.13 Å². The van der Waals surface area contributed by atoms with Gasteiger partial charge in [-0.25, -0.2) is 0 Å². The van der Waals surface area contributed by atoms with Crippen LogP contribution in [0, 0.1) is 0 Å². The van der Waals surface area contributed by atoms with Crippen LogP contribution in [0.25, 0.3) is 5.76 Å². The highest BCUT2D eigenvalue weighted by atomic mass is 35.5. The molecule has 0 saturated carbocycles. The SMILES string of the molecule is O=C1C(=O)N(c2nnc(SCc3ccccc3Cl)s2)C(c2ccccc2)/C1=C(\O)c1ccc2c(c1)OCCO2. The maximum atomic E-state index is 13.4. The summed E-state index contributed by atoms with van der Waals surface area (Å²) in [7, 11) is 0. The summed E-state index contributed by atoms with van der Waals surface area (Å²) in [5, 5.41) is 20.8. The lowest BCUT2D eigenvalue weighted by Crippen LogP contribution is -2.29. The second-order valence-electron chi connectivity index (χ2n) is 8.67. The number of hydrogen-bond acceptors (Lipinski definition) is 9. The van der Waals surface area contributed by atoms with E-state index >= 15 is 0 Å². The summed E-state index contributed by atoms with van der Waals surface area (Å²) in [5.41, 5.74) is 1.90. The highest BCUT2D eigenvalue weighted by molar-refractivity contribution is 8.00. The van der Waals surface area contributed by atoms with Crippen molar-refractivity contribution in [3.63, 3.8) is 0 Å². The number of amides is 1. The zero-order chi connectivity index (χ0) is 26.9. The van der Waals surface area contributed by atoms with Crippen molar-refractivity contribution < 1.29 is 24.2 Å². The standard InChI is InChI=1S/C28H20ClN3O5S2/c29-19-9-5-4-8-18(19)15-38-28-31-30-27(39-28)32-23(16-6-2-1-3-7-16)22(25(34)26(32)35)24(33)17-10-11-20-21(14-17)37-13-12-36-20/h1-11,14,23,33H,12-13,15H2/b24-22+. The molecule has 0 aliphatic carbocycles. The van der Waals surface area contributed by atoms with E-state index in [0.717, 1.165) is 5.56 Å². The number of aromatic nitrogens is 2. The van der Waals surface area contributed by atoms with Gasteiger partial charge in [-0.1, -0.05) is 83.2 Å². The predicted molar refractivity (Wildman–Crippen MR) is 150 cm³/mol. The predicted octanol–water partition coefficient (Wildman–Crippen LogP) is 5.88. The van der Waals surface area contributed by atoms with E-state index in [1.54, 1.807) is 30.3 Å². The van der Waals surface area contributed by atoms with Gasteiger partial charge in [0.05, 0.1) is 11.6 Å². The van der Waals surface area contributed by atoms with Gasteiger partial charge in [-0.3, -0.25) is 14.5 Å². The van der Waals surface area contributed by atoms with Gasteiger partial charge < -0.3 is 14.6 Å². The summed E-state index contributed by atoms with van der Waals surface area (Å²) in [6.07, 6.45) is 0. The molecule has 39 heavy (non-hydrogen) atoms. The van der Waals surface area contributed by atoms with Crippen molar-refractivity contribution in [3.05, 3.63) is 100 Å². The van der Waals surface area contributed by atoms with E-state index in [0.29, 0.717) is 51.0 Å². The Balaban J connectivity index is 1.38. The smallest absolute Gasteiger partial charge is 0.301 e. The van der Waals surface area contributed by atoms with Gasteiger partial charge in [0.1, 0.15) is 19.0 Å². The highest BCUT2D eigenvalue weighted by Gasteiger charge is 2.48. The van der Waals surface area contributed by atoms with Gasteiger partial charge in [-0.05, 0) is 35.4 Å². The third-order valence-corrected chi connectivity index (χ3v) is 8.76. The molecule has 11 heteroatoms. The van der Waals surface area contributed by atoms with Crippen LogP contribution in [0.2, 0.25) is 5.02 Å². The van der Waals surface area contributed by atoms with Crippen LogP contribution in [-0.4, -0.2) is 40.2 Å². The Labute approximate surface area is 236 Å². The minimum absolute atomic E-state index is 0.0386. The van der Waals surface area contributed by atoms with E-state index in [1.165, 1.54) is 28.0 Å². The van der Waals surface area contributed by atoms with Crippen molar-refractivity contribution in [1.29, 1.82) is 0 Å². The number of benzene rings is 3. The summed E-state index contributed by atoms with van der Waals surface area (Å²) in [4.78, 5) is 28.1. The monoisotopic (exact) mass is 577 g/mol. The van der Waals surface area contributed by atoms with E-state index in [1.807, 2.05) is 42.5 Å². The molecule has 1 aromatic heterocycles. The van der Waals surface area contributed by atoms with Crippen LogP contribution in [0.1, 0.15) is 22.7 Å². The molecule has 1 N–H and O–H groups in total. The number of fused-ring (bicyclic) bond motifs is 1. The number of carbonyl (C=O) groups is 2. The topological polar surface area (TPSA) is 102 Å². The summed E-state index contributed by atoms with van der Waals surface area (Å²) < 4.78 is 11.8. The van der Waals surface area contributed by atoms with Crippen LogP contribution in [-0.2, 0) is 15.3 Å². The van der Waals surface area contributed by atoms with E-state index < -0.39 is 17.7 Å². The van der Waals surface area contributed by atoms with E-state index in [4.69, 9.17) is 21.1 Å². The summed E-state index contributed by atoms with van der Waals surface area (Å²) in [6.45, 7) is 0.803. The Hall–Kier alpha value is -3.86. The molecule has 1 amide bonds. The molecule has 6 rings (SSSR count). The molecule has 4 aromatic rings. The Morgan fingerprint density at radius 1 is 1.00 bits per heavy atom. The number of carbonyl (C=O) groups excluding carboxylic acids is 2. The van der Waals surface area contributed by atoms with Gasteiger partial charge in [-0.15, -0.1) is 10.2 Å². The minimum Gasteiger partial charge on any atom is -0.507 e. The van der Waals surface area contributed by atoms with E-state index in [-0.39, 0.29) is 16.5 Å². The molecule has 2 aliphatic heterocycles. The third-order valence-electron chi connectivity index (χ3n) is 6.29. The number of aliphatic hydroxyl groups excluding tert-OH is 1. The van der Waals surface area contributed by atoms with Crippen molar-refractivity contribution >= 4 is 57.3 Å². The number of hydrogen-bond donors (Lipinski definition) is 1. The molecular formula is C28H20ClN3O5S2. The number of halogens is 1. The molecule has 1 fully saturated rings. The number of nitrogens with zero attached hydrogens (tertiary/aromatic N) is 3. The van der Waals surface area contributed by atoms with Crippen molar-refractivity contribution in [2.75, 3.05) is 18.1 Å². The van der Waals surface area contributed by atoms with Crippen LogP contribution >= 0.6 is 34.7 Å². The lowest BCUT2D eigenvalue weighted by Gasteiger charge is -2.23. The Bertz CT molecular complexity index is 1610. The average molecular weight is 578 g/mol. The van der Waals surface area contributed by atoms with Gasteiger partial charge in [0.2, 0.25) is 5.13 Å². The number of aliphatic hydroxyl groups is 1. The van der Waals surface area contributed by atoms with Crippen molar-refractivity contribution in [2.24, 2.45) is 0 Å². The summed E-state index contributed by atoms with van der Waals surface area (Å²) in [5.74, 6) is -0.328. The second-order valence-corrected chi connectivity index (χ2v) is 11.3. The maximum Gasteiger partial charge on any atom is 0.301 e. The average Bonchev–Trinajstić information content (AvgIpc) is 3.54. The number of rotatable bonds is 6.